The molecule has 0 aliphatic carbocycles. The van der Waals surface area contributed by atoms with Crippen molar-refractivity contribution in [3.8, 4) is 0 Å². The zero-order valence-corrected chi connectivity index (χ0v) is 9.39. The zero-order valence-electron chi connectivity index (χ0n) is 7.80. The summed E-state index contributed by atoms with van der Waals surface area (Å²) in [4.78, 5) is 0. The largest absolute Gasteiger partial charge is 0.416 e. The van der Waals surface area contributed by atoms with E-state index >= 15 is 0 Å². The molecule has 1 aromatic carbocycles. The number of rotatable bonds is 2. The third-order valence-electron chi connectivity index (χ3n) is 2.01. The minimum Gasteiger partial charge on any atom is -0.382 e. The maximum Gasteiger partial charge on any atom is 0.416 e. The summed E-state index contributed by atoms with van der Waals surface area (Å²) in [6.07, 6.45) is -7.69. The van der Waals surface area contributed by atoms with E-state index in [4.69, 9.17) is 10.8 Å². The first kappa shape index (κ1) is 13.4. The summed E-state index contributed by atoms with van der Waals surface area (Å²) >= 11 is 2.88. The molecule has 0 saturated carbocycles. The molecule has 0 saturated heterocycles. The average Bonchev–Trinajstić information content (AvgIpc) is 2.14. The van der Waals surface area contributed by atoms with Crippen molar-refractivity contribution < 1.29 is 22.7 Å². The molecule has 0 aromatic heterocycles. The third kappa shape index (κ3) is 2.72. The minimum absolute atomic E-state index is 0.0864. The van der Waals surface area contributed by atoms with Crippen molar-refractivity contribution in [2.75, 3.05) is 0 Å². The normalized spacial score (nSPS) is 15.9. The number of alkyl halides is 3. The van der Waals surface area contributed by atoms with Gasteiger partial charge >= 0.3 is 6.18 Å². The lowest BCUT2D eigenvalue weighted by atomic mass is 10.0. The molecule has 1 aromatic rings. The lowest BCUT2D eigenvalue weighted by Crippen LogP contribution is -2.39. The quantitative estimate of drug-likeness (QED) is 0.825. The molecule has 0 aliphatic rings. The van der Waals surface area contributed by atoms with Gasteiger partial charge in [0.15, 0.2) is 6.10 Å². The number of benzene rings is 1. The van der Waals surface area contributed by atoms with E-state index in [-0.39, 0.29) is 4.47 Å². The molecule has 3 N–H and O–H groups in total. The molecule has 0 aliphatic heterocycles. The number of nitrogens with two attached hydrogens (primary N) is 1. The average molecular weight is 302 g/mol. The Balaban J connectivity index is 3.10. The molecule has 1 rings (SSSR count). The molecule has 0 heterocycles. The number of hydrogen-bond acceptors (Lipinski definition) is 2. The smallest absolute Gasteiger partial charge is 0.382 e. The Morgan fingerprint density at radius 1 is 1.31 bits per heavy atom. The van der Waals surface area contributed by atoms with Crippen molar-refractivity contribution in [3.05, 3.63) is 34.1 Å². The van der Waals surface area contributed by atoms with Crippen LogP contribution < -0.4 is 5.73 Å². The SMILES string of the molecule is N[C@H](c1c(F)cccc1Br)[C@@H](O)C(F)(F)F. The number of hydrogen-bond donors (Lipinski definition) is 2. The van der Waals surface area contributed by atoms with Crippen LogP contribution in [0, 0.1) is 5.82 Å². The standard InChI is InChI=1S/C9H8BrF4NO/c10-4-2-1-3-5(11)6(4)7(15)8(16)9(12,13)14/h1-3,7-8,16H,15H2/t7-,8-/m1/s1. The molecular weight excluding hydrogens is 294 g/mol. The number of halogens is 5. The highest BCUT2D eigenvalue weighted by Gasteiger charge is 2.43. The van der Waals surface area contributed by atoms with Crippen LogP contribution in [0.3, 0.4) is 0 Å². The maximum atomic E-state index is 13.3. The predicted molar refractivity (Wildman–Crippen MR) is 53.1 cm³/mol. The lowest BCUT2D eigenvalue weighted by molar-refractivity contribution is -0.210. The molecule has 7 heteroatoms. The fourth-order valence-electron chi connectivity index (χ4n) is 1.19. The van der Waals surface area contributed by atoms with E-state index in [1.807, 2.05) is 0 Å². The molecule has 0 radical (unpaired) electrons. The van der Waals surface area contributed by atoms with Gasteiger partial charge in [0, 0.05) is 10.0 Å². The highest BCUT2D eigenvalue weighted by Crippen LogP contribution is 2.33. The summed E-state index contributed by atoms with van der Waals surface area (Å²) in [5, 5.41) is 8.92. The molecule has 0 fully saturated rings. The van der Waals surface area contributed by atoms with Gasteiger partial charge in [-0.25, -0.2) is 4.39 Å². The lowest BCUT2D eigenvalue weighted by Gasteiger charge is -2.22. The summed E-state index contributed by atoms with van der Waals surface area (Å²) in [6, 6.07) is 1.77. The summed E-state index contributed by atoms with van der Waals surface area (Å²) < 4.78 is 49.9. The van der Waals surface area contributed by atoms with Gasteiger partial charge in [-0.3, -0.25) is 0 Å². The molecule has 0 bridgehead atoms. The van der Waals surface area contributed by atoms with Gasteiger partial charge in [0.1, 0.15) is 5.82 Å². The summed E-state index contributed by atoms with van der Waals surface area (Å²) in [6.45, 7) is 0. The second kappa shape index (κ2) is 4.68. The van der Waals surface area contributed by atoms with Gasteiger partial charge in [-0.15, -0.1) is 0 Å². The van der Waals surface area contributed by atoms with Crippen LogP contribution in [0.2, 0.25) is 0 Å². The first-order chi connectivity index (χ1) is 7.25. The van der Waals surface area contributed by atoms with Crippen LogP contribution in [0.25, 0.3) is 0 Å². The van der Waals surface area contributed by atoms with Gasteiger partial charge in [0.05, 0.1) is 6.04 Å². The van der Waals surface area contributed by atoms with E-state index in [2.05, 4.69) is 15.9 Å². The molecule has 0 amide bonds. The first-order valence-electron chi connectivity index (χ1n) is 4.19. The highest BCUT2D eigenvalue weighted by molar-refractivity contribution is 9.10. The Bertz CT molecular complexity index is 362. The number of aliphatic hydroxyl groups is 1. The summed E-state index contributed by atoms with van der Waals surface area (Å²) in [5.41, 5.74) is 4.79. The fraction of sp³-hybridized carbons (Fsp3) is 0.333. The van der Waals surface area contributed by atoms with E-state index in [1.165, 1.54) is 12.1 Å². The Labute approximate surface area is 97.2 Å². The van der Waals surface area contributed by atoms with Gasteiger partial charge in [-0.2, -0.15) is 13.2 Å². The van der Waals surface area contributed by atoms with Gasteiger partial charge in [-0.05, 0) is 12.1 Å². The van der Waals surface area contributed by atoms with Crippen LogP contribution in [-0.4, -0.2) is 17.4 Å². The molecule has 0 unspecified atom stereocenters. The molecule has 2 atom stereocenters. The van der Waals surface area contributed by atoms with Crippen LogP contribution in [0.5, 0.6) is 0 Å². The Morgan fingerprint density at radius 3 is 2.31 bits per heavy atom. The van der Waals surface area contributed by atoms with E-state index in [0.29, 0.717) is 0 Å². The van der Waals surface area contributed by atoms with Crippen molar-refractivity contribution >= 4 is 15.9 Å². The maximum absolute atomic E-state index is 13.3. The second-order valence-electron chi connectivity index (χ2n) is 3.15. The van der Waals surface area contributed by atoms with Crippen LogP contribution in [-0.2, 0) is 0 Å². The molecular formula is C9H8BrF4NO. The molecule has 0 spiro atoms. The van der Waals surface area contributed by atoms with Crippen molar-refractivity contribution in [2.45, 2.75) is 18.3 Å². The van der Waals surface area contributed by atoms with E-state index in [0.717, 1.165) is 6.07 Å². The predicted octanol–water partition coefficient (Wildman–Crippen LogP) is 2.51. The van der Waals surface area contributed by atoms with Crippen LogP contribution in [0.15, 0.2) is 22.7 Å². The zero-order chi connectivity index (χ0) is 12.5. The summed E-state index contributed by atoms with van der Waals surface area (Å²) in [7, 11) is 0. The van der Waals surface area contributed by atoms with Crippen molar-refractivity contribution in [2.24, 2.45) is 5.73 Å². The minimum atomic E-state index is -4.89. The Morgan fingerprint density at radius 2 is 1.88 bits per heavy atom. The molecule has 16 heavy (non-hydrogen) atoms. The van der Waals surface area contributed by atoms with Crippen LogP contribution in [0.4, 0.5) is 17.6 Å². The van der Waals surface area contributed by atoms with Crippen LogP contribution in [0.1, 0.15) is 11.6 Å². The van der Waals surface area contributed by atoms with E-state index < -0.39 is 29.7 Å². The topological polar surface area (TPSA) is 46.2 Å². The Kier molecular flexibility index (Phi) is 3.92. The number of aliphatic hydroxyl groups excluding tert-OH is 1. The van der Waals surface area contributed by atoms with Gasteiger partial charge < -0.3 is 10.8 Å². The highest BCUT2D eigenvalue weighted by atomic mass is 79.9. The van der Waals surface area contributed by atoms with Gasteiger partial charge in [0.2, 0.25) is 0 Å². The molecule has 2 nitrogen and oxygen atoms in total. The third-order valence-corrected chi connectivity index (χ3v) is 2.70. The van der Waals surface area contributed by atoms with E-state index in [9.17, 15) is 17.6 Å². The van der Waals surface area contributed by atoms with Crippen molar-refractivity contribution in [1.82, 2.24) is 0 Å². The van der Waals surface area contributed by atoms with Crippen molar-refractivity contribution in [3.63, 3.8) is 0 Å². The van der Waals surface area contributed by atoms with Gasteiger partial charge in [0.25, 0.3) is 0 Å². The first-order valence-corrected chi connectivity index (χ1v) is 4.98. The van der Waals surface area contributed by atoms with Gasteiger partial charge in [-0.1, -0.05) is 22.0 Å². The monoisotopic (exact) mass is 301 g/mol. The molecule has 90 valence electrons. The summed E-state index contributed by atoms with van der Waals surface area (Å²) in [5.74, 6) is -0.898. The fourth-order valence-corrected chi connectivity index (χ4v) is 1.80. The Hall–Kier alpha value is -0.660. The van der Waals surface area contributed by atoms with E-state index in [1.54, 1.807) is 0 Å². The van der Waals surface area contributed by atoms with Crippen LogP contribution >= 0.6 is 15.9 Å². The van der Waals surface area contributed by atoms with Crippen molar-refractivity contribution in [1.29, 1.82) is 0 Å². The second-order valence-corrected chi connectivity index (χ2v) is 4.00.